The monoisotopic (exact) mass is 344 g/mol. The summed E-state index contributed by atoms with van der Waals surface area (Å²) in [5.41, 5.74) is 0.167. The SMILES string of the molecule is COc1cc(Cl)cc(CNCCCNC(=O)OC(C)(C)C)c1O. The first kappa shape index (κ1) is 19.4. The molecule has 0 radical (unpaired) electrons. The van der Waals surface area contributed by atoms with E-state index in [4.69, 9.17) is 21.1 Å². The topological polar surface area (TPSA) is 79.8 Å². The number of hydrogen-bond donors (Lipinski definition) is 3. The molecule has 0 bridgehead atoms. The highest BCUT2D eigenvalue weighted by Gasteiger charge is 2.15. The molecule has 0 heterocycles. The summed E-state index contributed by atoms with van der Waals surface area (Å²) in [6, 6.07) is 3.25. The number of carbonyl (C=O) groups is 1. The van der Waals surface area contributed by atoms with Gasteiger partial charge in [-0.3, -0.25) is 0 Å². The number of benzene rings is 1. The van der Waals surface area contributed by atoms with E-state index in [1.807, 2.05) is 20.8 Å². The maximum absolute atomic E-state index is 11.5. The molecule has 0 saturated heterocycles. The van der Waals surface area contributed by atoms with Gasteiger partial charge in [0.2, 0.25) is 0 Å². The van der Waals surface area contributed by atoms with Gasteiger partial charge in [-0.2, -0.15) is 0 Å². The van der Waals surface area contributed by atoms with Crippen LogP contribution in [0.2, 0.25) is 5.02 Å². The Hall–Kier alpha value is -1.66. The molecule has 1 amide bonds. The van der Waals surface area contributed by atoms with Gasteiger partial charge < -0.3 is 25.2 Å². The lowest BCUT2D eigenvalue weighted by Gasteiger charge is -2.19. The van der Waals surface area contributed by atoms with Gasteiger partial charge in [-0.05, 0) is 39.8 Å². The Bertz CT molecular complexity index is 530. The maximum atomic E-state index is 11.5. The predicted molar refractivity (Wildman–Crippen MR) is 90.2 cm³/mol. The van der Waals surface area contributed by atoms with E-state index in [1.54, 1.807) is 12.1 Å². The number of aromatic hydroxyl groups is 1. The van der Waals surface area contributed by atoms with Gasteiger partial charge in [0.15, 0.2) is 11.5 Å². The van der Waals surface area contributed by atoms with Crippen LogP contribution in [0.25, 0.3) is 0 Å². The number of amides is 1. The molecule has 0 aromatic heterocycles. The lowest BCUT2D eigenvalue weighted by atomic mass is 10.2. The van der Waals surface area contributed by atoms with E-state index in [0.717, 1.165) is 6.42 Å². The fourth-order valence-electron chi connectivity index (χ4n) is 1.86. The maximum Gasteiger partial charge on any atom is 0.407 e. The fourth-order valence-corrected chi connectivity index (χ4v) is 2.09. The molecule has 1 aromatic carbocycles. The summed E-state index contributed by atoms with van der Waals surface area (Å²) in [5.74, 6) is 0.428. The highest BCUT2D eigenvalue weighted by molar-refractivity contribution is 6.30. The van der Waals surface area contributed by atoms with E-state index in [0.29, 0.717) is 36.0 Å². The molecule has 130 valence electrons. The molecule has 7 heteroatoms. The smallest absolute Gasteiger partial charge is 0.407 e. The Kier molecular flexibility index (Phi) is 7.45. The molecule has 0 aliphatic rings. The minimum absolute atomic E-state index is 0.0799. The van der Waals surface area contributed by atoms with Crippen molar-refractivity contribution in [3.05, 3.63) is 22.7 Å². The van der Waals surface area contributed by atoms with E-state index >= 15 is 0 Å². The molecular formula is C16H25ClN2O4. The molecule has 23 heavy (non-hydrogen) atoms. The zero-order chi connectivity index (χ0) is 17.5. The third-order valence-electron chi connectivity index (χ3n) is 2.85. The van der Waals surface area contributed by atoms with Crippen LogP contribution < -0.4 is 15.4 Å². The molecule has 0 fully saturated rings. The van der Waals surface area contributed by atoms with E-state index in [2.05, 4.69) is 10.6 Å². The molecule has 0 atom stereocenters. The summed E-state index contributed by atoms with van der Waals surface area (Å²) in [7, 11) is 1.48. The predicted octanol–water partition coefficient (Wildman–Crippen LogP) is 3.06. The molecule has 0 aliphatic carbocycles. The van der Waals surface area contributed by atoms with Crippen molar-refractivity contribution >= 4 is 17.7 Å². The average Bonchev–Trinajstić information content (AvgIpc) is 2.43. The van der Waals surface area contributed by atoms with Gasteiger partial charge in [-0.15, -0.1) is 0 Å². The van der Waals surface area contributed by atoms with Crippen LogP contribution in [-0.4, -0.2) is 37.0 Å². The van der Waals surface area contributed by atoms with Gasteiger partial charge in [0.1, 0.15) is 5.60 Å². The first-order chi connectivity index (χ1) is 10.7. The van der Waals surface area contributed by atoms with E-state index < -0.39 is 11.7 Å². The number of alkyl carbamates (subject to hydrolysis) is 1. The second-order valence-electron chi connectivity index (χ2n) is 6.07. The third-order valence-corrected chi connectivity index (χ3v) is 3.07. The zero-order valence-corrected chi connectivity index (χ0v) is 14.8. The summed E-state index contributed by atoms with van der Waals surface area (Å²) in [6.45, 7) is 7.09. The van der Waals surface area contributed by atoms with E-state index in [9.17, 15) is 9.90 Å². The number of halogens is 1. The Morgan fingerprint density at radius 2 is 2.00 bits per heavy atom. The Labute approximate surface area is 142 Å². The number of methoxy groups -OCH3 is 1. The van der Waals surface area contributed by atoms with Crippen LogP contribution in [0, 0.1) is 0 Å². The van der Waals surface area contributed by atoms with Gasteiger partial charge in [0, 0.05) is 29.7 Å². The molecule has 6 nitrogen and oxygen atoms in total. The number of rotatable bonds is 7. The molecule has 3 N–H and O–H groups in total. The van der Waals surface area contributed by atoms with Crippen molar-refractivity contribution < 1.29 is 19.4 Å². The summed E-state index contributed by atoms with van der Waals surface area (Å²) in [6.07, 6.45) is 0.312. The highest BCUT2D eigenvalue weighted by Crippen LogP contribution is 2.33. The zero-order valence-electron chi connectivity index (χ0n) is 14.0. The lowest BCUT2D eigenvalue weighted by Crippen LogP contribution is -2.33. The minimum atomic E-state index is -0.495. The summed E-state index contributed by atoms with van der Waals surface area (Å²) in [4.78, 5) is 11.5. The van der Waals surface area contributed by atoms with E-state index in [-0.39, 0.29) is 5.75 Å². The summed E-state index contributed by atoms with van der Waals surface area (Å²) in [5, 5.41) is 16.4. The molecule has 0 spiro atoms. The highest BCUT2D eigenvalue weighted by atomic mass is 35.5. The standard InChI is InChI=1S/C16H25ClN2O4/c1-16(2,3)23-15(21)19-7-5-6-18-10-11-8-12(17)9-13(22-4)14(11)20/h8-9,18,20H,5-7,10H2,1-4H3,(H,19,21). The first-order valence-corrected chi connectivity index (χ1v) is 7.83. The van der Waals surface area contributed by atoms with Crippen molar-refractivity contribution in [1.82, 2.24) is 10.6 Å². The van der Waals surface area contributed by atoms with Gasteiger partial charge in [-0.25, -0.2) is 4.79 Å². The van der Waals surface area contributed by atoms with Gasteiger partial charge in [0.05, 0.1) is 7.11 Å². The second-order valence-corrected chi connectivity index (χ2v) is 6.51. The summed E-state index contributed by atoms with van der Waals surface area (Å²) < 4.78 is 10.2. The van der Waals surface area contributed by atoms with E-state index in [1.165, 1.54) is 7.11 Å². The number of nitrogens with one attached hydrogen (secondary N) is 2. The molecule has 0 aliphatic heterocycles. The van der Waals surface area contributed by atoms with Crippen molar-refractivity contribution in [3.63, 3.8) is 0 Å². The van der Waals surface area contributed by atoms with Crippen molar-refractivity contribution in [2.45, 2.75) is 39.3 Å². The Morgan fingerprint density at radius 1 is 1.30 bits per heavy atom. The molecule has 0 unspecified atom stereocenters. The van der Waals surface area contributed by atoms with Crippen LogP contribution in [0.15, 0.2) is 12.1 Å². The quantitative estimate of drug-likeness (QED) is 0.662. The Balaban J connectivity index is 2.28. The molecule has 0 saturated carbocycles. The van der Waals surface area contributed by atoms with Gasteiger partial charge >= 0.3 is 6.09 Å². The minimum Gasteiger partial charge on any atom is -0.504 e. The van der Waals surface area contributed by atoms with Crippen LogP contribution >= 0.6 is 11.6 Å². The van der Waals surface area contributed by atoms with Crippen molar-refractivity contribution in [2.75, 3.05) is 20.2 Å². The third kappa shape index (κ3) is 7.43. The molecular weight excluding hydrogens is 320 g/mol. The van der Waals surface area contributed by atoms with Crippen molar-refractivity contribution in [3.8, 4) is 11.5 Å². The Morgan fingerprint density at radius 3 is 2.61 bits per heavy atom. The van der Waals surface area contributed by atoms with Gasteiger partial charge in [0.25, 0.3) is 0 Å². The summed E-state index contributed by atoms with van der Waals surface area (Å²) >= 11 is 5.97. The van der Waals surface area contributed by atoms with Crippen LogP contribution in [0.1, 0.15) is 32.8 Å². The van der Waals surface area contributed by atoms with Crippen molar-refractivity contribution in [1.29, 1.82) is 0 Å². The van der Waals surface area contributed by atoms with Crippen molar-refractivity contribution in [2.24, 2.45) is 0 Å². The number of phenolic OH excluding ortho intramolecular Hbond substituents is 1. The number of ether oxygens (including phenoxy) is 2. The number of phenols is 1. The lowest BCUT2D eigenvalue weighted by molar-refractivity contribution is 0.0527. The van der Waals surface area contributed by atoms with Crippen LogP contribution in [0.5, 0.6) is 11.5 Å². The number of hydrogen-bond acceptors (Lipinski definition) is 5. The largest absolute Gasteiger partial charge is 0.504 e. The second kappa shape index (κ2) is 8.84. The van der Waals surface area contributed by atoms with Crippen LogP contribution in [-0.2, 0) is 11.3 Å². The van der Waals surface area contributed by atoms with Crippen LogP contribution in [0.4, 0.5) is 4.79 Å². The molecule has 1 aromatic rings. The fraction of sp³-hybridized carbons (Fsp3) is 0.562. The first-order valence-electron chi connectivity index (χ1n) is 7.46. The molecule has 1 rings (SSSR count). The normalized spacial score (nSPS) is 11.2. The van der Waals surface area contributed by atoms with Gasteiger partial charge in [-0.1, -0.05) is 11.6 Å². The number of carbonyl (C=O) groups excluding carboxylic acids is 1. The van der Waals surface area contributed by atoms with Crippen LogP contribution in [0.3, 0.4) is 0 Å². The average molecular weight is 345 g/mol.